The molecule has 7 heteroatoms. The van der Waals surface area contributed by atoms with Crippen LogP contribution in [0.25, 0.3) is 0 Å². The van der Waals surface area contributed by atoms with Crippen LogP contribution in [0.4, 0.5) is 0 Å². The molecule has 0 spiro atoms. The van der Waals surface area contributed by atoms with Gasteiger partial charge >= 0.3 is 0 Å². The highest BCUT2D eigenvalue weighted by Crippen LogP contribution is 2.42. The summed E-state index contributed by atoms with van der Waals surface area (Å²) < 4.78 is 7.99. The van der Waals surface area contributed by atoms with Crippen molar-refractivity contribution >= 4 is 0 Å². The third kappa shape index (κ3) is 3.42. The number of nitrogens with two attached hydrogens (primary N) is 1. The molecule has 2 aliphatic carbocycles. The molecule has 0 amide bonds. The van der Waals surface area contributed by atoms with E-state index in [1.165, 1.54) is 50.4 Å². The molecule has 1 aromatic heterocycles. The lowest BCUT2D eigenvalue weighted by molar-refractivity contribution is 0.0121. The SMILES string of the molecule is NC1CC(c2nnc(CN3CCN(C4CCOCC4)CC3)n2C2CC2)C1. The first-order chi connectivity index (χ1) is 12.8. The average Bonchev–Trinajstić information content (AvgIpc) is 3.41. The first kappa shape index (κ1) is 17.1. The maximum Gasteiger partial charge on any atom is 0.147 e. The molecular weight excluding hydrogens is 328 g/mol. The normalized spacial score (nSPS) is 31.9. The second-order valence-corrected chi connectivity index (χ2v) is 8.66. The van der Waals surface area contributed by atoms with Gasteiger partial charge in [-0.25, -0.2) is 0 Å². The Hall–Kier alpha value is -1.02. The molecule has 26 heavy (non-hydrogen) atoms. The third-order valence-electron chi connectivity index (χ3n) is 6.72. The predicted octanol–water partition coefficient (Wildman–Crippen LogP) is 1.11. The Morgan fingerprint density at radius 3 is 2.31 bits per heavy atom. The van der Waals surface area contributed by atoms with E-state index in [1.807, 2.05) is 0 Å². The van der Waals surface area contributed by atoms with E-state index in [1.54, 1.807) is 0 Å². The summed E-state index contributed by atoms with van der Waals surface area (Å²) >= 11 is 0. The van der Waals surface area contributed by atoms with Crippen molar-refractivity contribution in [3.8, 4) is 0 Å². The summed E-state index contributed by atoms with van der Waals surface area (Å²) in [4.78, 5) is 5.24. The summed E-state index contributed by atoms with van der Waals surface area (Å²) in [6.07, 6.45) is 7.12. The summed E-state index contributed by atoms with van der Waals surface area (Å²) in [6.45, 7) is 7.44. The number of rotatable bonds is 5. The quantitative estimate of drug-likeness (QED) is 0.848. The van der Waals surface area contributed by atoms with Crippen molar-refractivity contribution in [1.29, 1.82) is 0 Å². The van der Waals surface area contributed by atoms with Crippen LogP contribution in [0.15, 0.2) is 0 Å². The molecule has 2 saturated carbocycles. The molecule has 0 atom stereocenters. The number of ether oxygens (including phenoxy) is 1. The van der Waals surface area contributed by atoms with Crippen LogP contribution < -0.4 is 5.73 Å². The van der Waals surface area contributed by atoms with Crippen LogP contribution in [0.2, 0.25) is 0 Å². The van der Waals surface area contributed by atoms with Crippen LogP contribution in [0.1, 0.15) is 62.1 Å². The number of hydrogen-bond donors (Lipinski definition) is 1. The molecule has 0 radical (unpaired) electrons. The van der Waals surface area contributed by atoms with Gasteiger partial charge in [0.05, 0.1) is 6.54 Å². The van der Waals surface area contributed by atoms with Gasteiger partial charge < -0.3 is 15.0 Å². The van der Waals surface area contributed by atoms with Crippen molar-refractivity contribution in [2.24, 2.45) is 5.73 Å². The summed E-state index contributed by atoms with van der Waals surface area (Å²) in [7, 11) is 0. The van der Waals surface area contributed by atoms with Crippen molar-refractivity contribution < 1.29 is 4.74 Å². The summed E-state index contributed by atoms with van der Waals surface area (Å²) in [5, 5.41) is 9.20. The summed E-state index contributed by atoms with van der Waals surface area (Å²) in [5.41, 5.74) is 6.00. The van der Waals surface area contributed by atoms with E-state index in [-0.39, 0.29) is 0 Å². The van der Waals surface area contributed by atoms with Crippen molar-refractivity contribution in [2.75, 3.05) is 39.4 Å². The largest absolute Gasteiger partial charge is 0.381 e. The molecule has 4 fully saturated rings. The lowest BCUT2D eigenvalue weighted by atomic mass is 9.80. The molecule has 4 aliphatic rings. The maximum atomic E-state index is 6.00. The monoisotopic (exact) mass is 360 g/mol. The van der Waals surface area contributed by atoms with Gasteiger partial charge in [-0.1, -0.05) is 0 Å². The molecule has 0 unspecified atom stereocenters. The second kappa shape index (κ2) is 7.19. The van der Waals surface area contributed by atoms with Crippen LogP contribution in [-0.2, 0) is 11.3 Å². The highest BCUT2D eigenvalue weighted by Gasteiger charge is 2.37. The highest BCUT2D eigenvalue weighted by atomic mass is 16.5. The first-order valence-electron chi connectivity index (χ1n) is 10.5. The summed E-state index contributed by atoms with van der Waals surface area (Å²) in [5.74, 6) is 2.93. The van der Waals surface area contributed by atoms with Gasteiger partial charge in [-0.3, -0.25) is 9.80 Å². The zero-order valence-corrected chi connectivity index (χ0v) is 15.7. The highest BCUT2D eigenvalue weighted by molar-refractivity contribution is 5.12. The van der Waals surface area contributed by atoms with Crippen LogP contribution in [0.3, 0.4) is 0 Å². The van der Waals surface area contributed by atoms with Gasteiger partial charge in [0, 0.05) is 63.4 Å². The molecule has 144 valence electrons. The van der Waals surface area contributed by atoms with Crippen molar-refractivity contribution in [1.82, 2.24) is 24.6 Å². The fourth-order valence-corrected chi connectivity index (χ4v) is 4.86. The van der Waals surface area contributed by atoms with Crippen LogP contribution in [-0.4, -0.2) is 76.0 Å². The van der Waals surface area contributed by atoms with E-state index in [9.17, 15) is 0 Å². The Balaban J connectivity index is 1.20. The number of aromatic nitrogens is 3. The minimum Gasteiger partial charge on any atom is -0.381 e. The lowest BCUT2D eigenvalue weighted by Crippen LogP contribution is -2.51. The fourth-order valence-electron chi connectivity index (χ4n) is 4.86. The van der Waals surface area contributed by atoms with Gasteiger partial charge in [-0.2, -0.15) is 0 Å². The Labute approximate surface area is 155 Å². The minimum absolute atomic E-state index is 0.367. The van der Waals surface area contributed by atoms with Crippen molar-refractivity contribution in [2.45, 2.75) is 69.1 Å². The summed E-state index contributed by atoms with van der Waals surface area (Å²) in [6, 6.07) is 1.75. The molecule has 7 nitrogen and oxygen atoms in total. The molecule has 0 aromatic carbocycles. The van der Waals surface area contributed by atoms with Gasteiger partial charge in [-0.05, 0) is 38.5 Å². The second-order valence-electron chi connectivity index (χ2n) is 8.66. The van der Waals surface area contributed by atoms with Gasteiger partial charge in [0.25, 0.3) is 0 Å². The smallest absolute Gasteiger partial charge is 0.147 e. The predicted molar refractivity (Wildman–Crippen MR) is 98.9 cm³/mol. The Kier molecular flexibility index (Phi) is 4.73. The van der Waals surface area contributed by atoms with E-state index >= 15 is 0 Å². The van der Waals surface area contributed by atoms with E-state index in [0.29, 0.717) is 18.0 Å². The maximum absolute atomic E-state index is 6.00. The Bertz CT molecular complexity index is 610. The fraction of sp³-hybridized carbons (Fsp3) is 0.895. The van der Waals surface area contributed by atoms with Gasteiger partial charge in [0.15, 0.2) is 0 Å². The molecule has 0 bridgehead atoms. The third-order valence-corrected chi connectivity index (χ3v) is 6.72. The van der Waals surface area contributed by atoms with E-state index in [4.69, 9.17) is 10.5 Å². The molecule has 5 rings (SSSR count). The van der Waals surface area contributed by atoms with E-state index < -0.39 is 0 Å². The molecule has 2 saturated heterocycles. The minimum atomic E-state index is 0.367. The van der Waals surface area contributed by atoms with Gasteiger partial charge in [-0.15, -0.1) is 10.2 Å². The standard InChI is InChI=1S/C19H32N6O/c20-15-11-14(12-15)19-22-21-18(25(19)17-1-2-17)13-23-5-7-24(8-6-23)16-3-9-26-10-4-16/h14-17H,1-13,20H2. The Morgan fingerprint density at radius 2 is 1.65 bits per heavy atom. The topological polar surface area (TPSA) is 72.4 Å². The van der Waals surface area contributed by atoms with Crippen LogP contribution in [0.5, 0.6) is 0 Å². The van der Waals surface area contributed by atoms with Gasteiger partial charge in [0.2, 0.25) is 0 Å². The molecular formula is C19H32N6O. The van der Waals surface area contributed by atoms with E-state index in [0.717, 1.165) is 51.7 Å². The number of hydrogen-bond acceptors (Lipinski definition) is 6. The number of nitrogens with zero attached hydrogens (tertiary/aromatic N) is 5. The molecule has 2 N–H and O–H groups in total. The zero-order valence-electron chi connectivity index (χ0n) is 15.7. The molecule has 2 aliphatic heterocycles. The molecule has 3 heterocycles. The molecule has 1 aromatic rings. The lowest BCUT2D eigenvalue weighted by Gasteiger charge is -2.40. The average molecular weight is 361 g/mol. The van der Waals surface area contributed by atoms with Crippen molar-refractivity contribution in [3.05, 3.63) is 11.6 Å². The zero-order chi connectivity index (χ0) is 17.5. The van der Waals surface area contributed by atoms with Crippen molar-refractivity contribution in [3.63, 3.8) is 0 Å². The van der Waals surface area contributed by atoms with Crippen LogP contribution >= 0.6 is 0 Å². The van der Waals surface area contributed by atoms with Gasteiger partial charge in [0.1, 0.15) is 11.6 Å². The number of piperazine rings is 1. The first-order valence-corrected chi connectivity index (χ1v) is 10.5. The Morgan fingerprint density at radius 1 is 0.923 bits per heavy atom. The van der Waals surface area contributed by atoms with E-state index in [2.05, 4.69) is 24.6 Å². The van der Waals surface area contributed by atoms with Crippen LogP contribution in [0, 0.1) is 0 Å².